The molecule has 0 bridgehead atoms. The van der Waals surface area contributed by atoms with Gasteiger partial charge in [0.25, 0.3) is 0 Å². The third-order valence-electron chi connectivity index (χ3n) is 2.51. The minimum absolute atomic E-state index is 0.0897. The van der Waals surface area contributed by atoms with Crippen LogP contribution in [0.25, 0.3) is 11.0 Å². The van der Waals surface area contributed by atoms with Crippen LogP contribution in [0.15, 0.2) is 23.2 Å². The fourth-order valence-electron chi connectivity index (χ4n) is 1.64. The summed E-state index contributed by atoms with van der Waals surface area (Å²) in [5.74, 6) is 1.18. The van der Waals surface area contributed by atoms with Crippen LogP contribution in [-0.4, -0.2) is 26.4 Å². The van der Waals surface area contributed by atoms with E-state index in [0.717, 1.165) is 11.0 Å². The van der Waals surface area contributed by atoms with Crippen LogP contribution in [0.4, 0.5) is 5.69 Å². The molecule has 3 N–H and O–H groups in total. The van der Waals surface area contributed by atoms with Gasteiger partial charge in [-0.3, -0.25) is 0 Å². The Morgan fingerprint density at radius 2 is 2.35 bits per heavy atom. The first-order valence-electron chi connectivity index (χ1n) is 5.11. The number of aliphatic hydroxyl groups excluding tert-OH is 1. The zero-order valence-corrected chi connectivity index (χ0v) is 10.1. The highest BCUT2D eigenvalue weighted by molar-refractivity contribution is 6.28. The standard InChI is InChI=1S/C11H13ClN4O/c1-16-9-3-2-7(14-10(13)5-12)4-8(9)15-11(16)6-17/h2-4,17H,5-6H2,1H3,(H2,13,14). The Morgan fingerprint density at radius 3 is 3.00 bits per heavy atom. The number of fused-ring (bicyclic) bond motifs is 1. The number of rotatable bonds is 3. The number of hydrogen-bond acceptors (Lipinski definition) is 3. The first-order valence-corrected chi connectivity index (χ1v) is 5.64. The Hall–Kier alpha value is -1.59. The highest BCUT2D eigenvalue weighted by atomic mass is 35.5. The van der Waals surface area contributed by atoms with Crippen molar-refractivity contribution in [2.24, 2.45) is 17.8 Å². The van der Waals surface area contributed by atoms with Gasteiger partial charge >= 0.3 is 0 Å². The number of benzene rings is 1. The van der Waals surface area contributed by atoms with Gasteiger partial charge in [0, 0.05) is 7.05 Å². The summed E-state index contributed by atoms with van der Waals surface area (Å²) >= 11 is 5.56. The van der Waals surface area contributed by atoms with Crippen molar-refractivity contribution in [1.29, 1.82) is 0 Å². The molecule has 0 aliphatic rings. The van der Waals surface area contributed by atoms with Gasteiger partial charge in [0.2, 0.25) is 0 Å². The molecule has 0 radical (unpaired) electrons. The lowest BCUT2D eigenvalue weighted by molar-refractivity contribution is 0.268. The number of nitrogens with zero attached hydrogens (tertiary/aromatic N) is 3. The van der Waals surface area contributed by atoms with Crippen molar-refractivity contribution >= 4 is 34.2 Å². The number of aliphatic imine (C=N–C) groups is 1. The molecule has 0 saturated carbocycles. The molecule has 0 aliphatic heterocycles. The number of alkyl halides is 1. The van der Waals surface area contributed by atoms with Crippen LogP contribution in [0.5, 0.6) is 0 Å². The molecule has 2 aromatic rings. The van der Waals surface area contributed by atoms with Crippen LogP contribution < -0.4 is 5.73 Å². The number of nitrogens with two attached hydrogens (primary N) is 1. The van der Waals surface area contributed by atoms with Gasteiger partial charge in [0.05, 0.1) is 22.6 Å². The van der Waals surface area contributed by atoms with E-state index in [1.165, 1.54) is 0 Å². The molecule has 17 heavy (non-hydrogen) atoms. The van der Waals surface area contributed by atoms with Gasteiger partial charge in [-0.2, -0.15) is 0 Å². The van der Waals surface area contributed by atoms with Crippen LogP contribution in [0.3, 0.4) is 0 Å². The minimum Gasteiger partial charge on any atom is -0.388 e. The van der Waals surface area contributed by atoms with Crippen molar-refractivity contribution in [2.75, 3.05) is 5.88 Å². The molecule has 5 nitrogen and oxygen atoms in total. The Kier molecular flexibility index (Phi) is 3.31. The van der Waals surface area contributed by atoms with E-state index in [9.17, 15) is 0 Å². The van der Waals surface area contributed by atoms with E-state index < -0.39 is 0 Å². The van der Waals surface area contributed by atoms with E-state index >= 15 is 0 Å². The molecular formula is C11H13ClN4O. The second-order valence-electron chi connectivity index (χ2n) is 3.65. The van der Waals surface area contributed by atoms with Gasteiger partial charge in [-0.15, -0.1) is 11.6 Å². The van der Waals surface area contributed by atoms with E-state index in [1.807, 2.05) is 29.8 Å². The molecule has 0 atom stereocenters. The molecule has 0 saturated heterocycles. The molecule has 0 fully saturated rings. The number of imidazole rings is 1. The van der Waals surface area contributed by atoms with Gasteiger partial charge in [-0.25, -0.2) is 9.98 Å². The van der Waals surface area contributed by atoms with Crippen LogP contribution in [0, 0.1) is 0 Å². The Labute approximate surface area is 104 Å². The van der Waals surface area contributed by atoms with Crippen LogP contribution in [0.1, 0.15) is 5.82 Å². The topological polar surface area (TPSA) is 76.4 Å². The van der Waals surface area contributed by atoms with Crippen molar-refractivity contribution in [1.82, 2.24) is 9.55 Å². The lowest BCUT2D eigenvalue weighted by Crippen LogP contribution is -2.12. The van der Waals surface area contributed by atoms with Crippen molar-refractivity contribution in [3.63, 3.8) is 0 Å². The monoisotopic (exact) mass is 252 g/mol. The first-order chi connectivity index (χ1) is 8.15. The number of amidine groups is 1. The van der Waals surface area contributed by atoms with Crippen LogP contribution in [-0.2, 0) is 13.7 Å². The maximum atomic E-state index is 9.12. The van der Waals surface area contributed by atoms with Crippen molar-refractivity contribution in [3.8, 4) is 0 Å². The molecule has 0 unspecified atom stereocenters. The highest BCUT2D eigenvalue weighted by Crippen LogP contribution is 2.21. The van der Waals surface area contributed by atoms with Gasteiger partial charge < -0.3 is 15.4 Å². The van der Waals surface area contributed by atoms with E-state index in [0.29, 0.717) is 17.3 Å². The van der Waals surface area contributed by atoms with Crippen molar-refractivity contribution in [3.05, 3.63) is 24.0 Å². The lowest BCUT2D eigenvalue weighted by atomic mass is 10.3. The second kappa shape index (κ2) is 4.73. The van der Waals surface area contributed by atoms with E-state index in [1.54, 1.807) is 0 Å². The number of aryl methyl sites for hydroxylation is 1. The number of halogens is 1. The lowest BCUT2D eigenvalue weighted by Gasteiger charge is -1.99. The van der Waals surface area contributed by atoms with Crippen LogP contribution >= 0.6 is 11.6 Å². The number of aliphatic hydroxyl groups is 1. The summed E-state index contributed by atoms with van der Waals surface area (Å²) in [6.07, 6.45) is 0. The molecule has 1 aromatic heterocycles. The van der Waals surface area contributed by atoms with Gasteiger partial charge in [-0.1, -0.05) is 0 Å². The SMILES string of the molecule is Cn1c(CO)nc2cc(N=C(N)CCl)ccc21. The van der Waals surface area contributed by atoms with Crippen LogP contribution in [0.2, 0.25) is 0 Å². The third-order valence-corrected chi connectivity index (χ3v) is 2.78. The molecule has 0 amide bonds. The zero-order chi connectivity index (χ0) is 12.4. The Bertz CT molecular complexity index is 576. The molecule has 0 spiro atoms. The molecule has 1 heterocycles. The zero-order valence-electron chi connectivity index (χ0n) is 9.39. The summed E-state index contributed by atoms with van der Waals surface area (Å²) in [6, 6.07) is 5.54. The van der Waals surface area contributed by atoms with E-state index in [-0.39, 0.29) is 12.5 Å². The summed E-state index contributed by atoms with van der Waals surface area (Å²) in [7, 11) is 1.86. The Morgan fingerprint density at radius 1 is 1.59 bits per heavy atom. The third kappa shape index (κ3) is 2.25. The molecule has 6 heteroatoms. The maximum absolute atomic E-state index is 9.12. The quantitative estimate of drug-likeness (QED) is 0.491. The summed E-state index contributed by atoms with van der Waals surface area (Å²) < 4.78 is 1.84. The van der Waals surface area contributed by atoms with Gasteiger partial charge in [0.1, 0.15) is 18.3 Å². The number of aromatic nitrogens is 2. The summed E-state index contributed by atoms with van der Waals surface area (Å²) in [5, 5.41) is 9.12. The fourth-order valence-corrected chi connectivity index (χ4v) is 1.70. The smallest absolute Gasteiger partial charge is 0.135 e. The first kappa shape index (κ1) is 11.9. The predicted octanol–water partition coefficient (Wildman–Crippen LogP) is 1.29. The molecule has 0 aliphatic carbocycles. The van der Waals surface area contributed by atoms with Gasteiger partial charge in [-0.05, 0) is 18.2 Å². The number of hydrogen-bond donors (Lipinski definition) is 2. The fraction of sp³-hybridized carbons (Fsp3) is 0.273. The minimum atomic E-state index is -0.0897. The summed E-state index contributed by atoms with van der Waals surface area (Å²) in [6.45, 7) is -0.0897. The summed E-state index contributed by atoms with van der Waals surface area (Å²) in [4.78, 5) is 8.44. The van der Waals surface area contributed by atoms with Gasteiger partial charge in [0.15, 0.2) is 0 Å². The molecule has 1 aromatic carbocycles. The van der Waals surface area contributed by atoms with E-state index in [4.69, 9.17) is 22.4 Å². The molecule has 2 rings (SSSR count). The highest BCUT2D eigenvalue weighted by Gasteiger charge is 2.06. The average Bonchev–Trinajstić information content (AvgIpc) is 2.65. The predicted molar refractivity (Wildman–Crippen MR) is 68.6 cm³/mol. The second-order valence-corrected chi connectivity index (χ2v) is 3.92. The van der Waals surface area contributed by atoms with E-state index in [2.05, 4.69) is 9.98 Å². The normalized spacial score (nSPS) is 12.3. The largest absolute Gasteiger partial charge is 0.388 e. The summed E-state index contributed by atoms with van der Waals surface area (Å²) in [5.41, 5.74) is 7.99. The van der Waals surface area contributed by atoms with Crippen molar-refractivity contribution in [2.45, 2.75) is 6.61 Å². The van der Waals surface area contributed by atoms with Crippen molar-refractivity contribution < 1.29 is 5.11 Å². The Balaban J connectivity index is 2.51. The molecule has 90 valence electrons. The maximum Gasteiger partial charge on any atom is 0.135 e. The molecular weight excluding hydrogens is 240 g/mol. The average molecular weight is 253 g/mol.